The summed E-state index contributed by atoms with van der Waals surface area (Å²) in [5, 5.41) is 5.82. The molecule has 3 rings (SSSR count). The zero-order valence-electron chi connectivity index (χ0n) is 17.3. The lowest BCUT2D eigenvalue weighted by Gasteiger charge is -2.18. The Morgan fingerprint density at radius 1 is 1.26 bits per heavy atom. The molecule has 1 amide bonds. The molecule has 0 fully saturated rings. The van der Waals surface area contributed by atoms with Crippen LogP contribution in [0.25, 0.3) is 11.3 Å². The number of likely N-dealkylation sites (N-methyl/N-ethyl adjacent to an activating group) is 1. The number of anilines is 1. The van der Waals surface area contributed by atoms with E-state index in [9.17, 15) is 13.2 Å². The normalized spacial score (nSPS) is 11.5. The van der Waals surface area contributed by atoms with Crippen LogP contribution in [0, 0.1) is 6.92 Å². The highest BCUT2D eigenvalue weighted by Crippen LogP contribution is 2.28. The van der Waals surface area contributed by atoms with Gasteiger partial charge in [-0.15, -0.1) is 11.3 Å². The highest BCUT2D eigenvalue weighted by atomic mass is 35.5. The lowest BCUT2D eigenvalue weighted by molar-refractivity contribution is -0.116. The second-order valence-electron chi connectivity index (χ2n) is 6.67. The van der Waals surface area contributed by atoms with Gasteiger partial charge in [0.2, 0.25) is 15.9 Å². The Kier molecular flexibility index (Phi) is 7.32. The van der Waals surface area contributed by atoms with Gasteiger partial charge in [0.1, 0.15) is 5.75 Å². The van der Waals surface area contributed by atoms with Crippen molar-refractivity contribution in [2.45, 2.75) is 18.7 Å². The summed E-state index contributed by atoms with van der Waals surface area (Å²) in [7, 11) is -2.56. The molecule has 0 bridgehead atoms. The smallest absolute Gasteiger partial charge is 0.243 e. The fourth-order valence-corrected chi connectivity index (χ4v) is 4.91. The Labute approximate surface area is 190 Å². The number of aryl methyl sites for hydroxylation is 1. The number of carbonyl (C=O) groups is 1. The number of nitrogens with one attached hydrogen (secondary N) is 1. The Morgan fingerprint density at radius 2 is 2.03 bits per heavy atom. The predicted octanol–water partition coefficient (Wildman–Crippen LogP) is 4.43. The fraction of sp³-hybridized carbons (Fsp3) is 0.238. The Morgan fingerprint density at radius 3 is 2.68 bits per heavy atom. The highest BCUT2D eigenvalue weighted by molar-refractivity contribution is 7.89. The zero-order valence-corrected chi connectivity index (χ0v) is 19.6. The standard InChI is InChI=1S/C21H22ClN3O4S2/c1-4-29-20-9-8-17(11-18(20)22)31(27,28)25(3)12-21(26)24-16-7-5-6-15(10-16)19-13-30-14(2)23-19/h5-11,13H,4,12H2,1-3H3,(H,24,26). The second kappa shape index (κ2) is 9.78. The van der Waals surface area contributed by atoms with Gasteiger partial charge in [0.15, 0.2) is 0 Å². The minimum Gasteiger partial charge on any atom is -0.492 e. The van der Waals surface area contributed by atoms with Gasteiger partial charge in [-0.1, -0.05) is 23.7 Å². The maximum Gasteiger partial charge on any atom is 0.243 e. The van der Waals surface area contributed by atoms with Gasteiger partial charge in [-0.3, -0.25) is 4.79 Å². The highest BCUT2D eigenvalue weighted by Gasteiger charge is 2.24. The molecule has 0 aliphatic rings. The van der Waals surface area contributed by atoms with Crippen LogP contribution in [0.5, 0.6) is 5.75 Å². The molecular weight excluding hydrogens is 458 g/mol. The summed E-state index contributed by atoms with van der Waals surface area (Å²) in [4.78, 5) is 16.9. The molecule has 0 spiro atoms. The first-order valence-corrected chi connectivity index (χ1v) is 12.1. The van der Waals surface area contributed by atoms with E-state index < -0.39 is 15.9 Å². The van der Waals surface area contributed by atoms with Crippen molar-refractivity contribution in [1.82, 2.24) is 9.29 Å². The summed E-state index contributed by atoms with van der Waals surface area (Å²) in [5.74, 6) is -0.0617. The number of thiazole rings is 1. The minimum absolute atomic E-state index is 0.0165. The van der Waals surface area contributed by atoms with Crippen molar-refractivity contribution in [3.8, 4) is 17.0 Å². The summed E-state index contributed by atoms with van der Waals surface area (Å²) in [5.41, 5.74) is 2.25. The predicted molar refractivity (Wildman–Crippen MR) is 123 cm³/mol. The molecule has 10 heteroatoms. The van der Waals surface area contributed by atoms with Crippen LogP contribution in [0.3, 0.4) is 0 Å². The quantitative estimate of drug-likeness (QED) is 0.516. The molecule has 1 aromatic heterocycles. The Bertz CT molecular complexity index is 1190. The van der Waals surface area contributed by atoms with Gasteiger partial charge in [0.05, 0.1) is 33.8 Å². The van der Waals surface area contributed by atoms with Gasteiger partial charge in [-0.25, -0.2) is 13.4 Å². The molecule has 0 saturated carbocycles. The van der Waals surface area contributed by atoms with Crippen molar-refractivity contribution < 1.29 is 17.9 Å². The van der Waals surface area contributed by atoms with E-state index in [4.69, 9.17) is 16.3 Å². The van der Waals surface area contributed by atoms with E-state index in [0.29, 0.717) is 18.0 Å². The van der Waals surface area contributed by atoms with E-state index in [1.54, 1.807) is 30.4 Å². The minimum atomic E-state index is -3.91. The number of hydrogen-bond acceptors (Lipinski definition) is 6. The number of aromatic nitrogens is 1. The van der Waals surface area contributed by atoms with E-state index in [1.165, 1.54) is 25.2 Å². The first-order valence-electron chi connectivity index (χ1n) is 9.42. The number of sulfonamides is 1. The van der Waals surface area contributed by atoms with Crippen molar-refractivity contribution in [3.05, 3.63) is 57.9 Å². The van der Waals surface area contributed by atoms with Gasteiger partial charge < -0.3 is 10.1 Å². The van der Waals surface area contributed by atoms with Crippen molar-refractivity contribution in [1.29, 1.82) is 0 Å². The summed E-state index contributed by atoms with van der Waals surface area (Å²) in [6.45, 7) is 3.79. The van der Waals surface area contributed by atoms with Gasteiger partial charge in [-0.2, -0.15) is 4.31 Å². The third-order valence-corrected chi connectivity index (χ3v) is 7.21. The Balaban J connectivity index is 1.69. The van der Waals surface area contributed by atoms with E-state index in [2.05, 4.69) is 10.3 Å². The molecule has 0 saturated heterocycles. The van der Waals surface area contributed by atoms with Crippen molar-refractivity contribution in [2.24, 2.45) is 0 Å². The monoisotopic (exact) mass is 479 g/mol. The van der Waals surface area contributed by atoms with Gasteiger partial charge in [0, 0.05) is 23.7 Å². The number of benzene rings is 2. The maximum absolute atomic E-state index is 12.8. The van der Waals surface area contributed by atoms with Crippen molar-refractivity contribution >= 4 is 44.6 Å². The van der Waals surface area contributed by atoms with Gasteiger partial charge >= 0.3 is 0 Å². The number of rotatable bonds is 8. The van der Waals surface area contributed by atoms with Crippen LogP contribution in [0.4, 0.5) is 5.69 Å². The van der Waals surface area contributed by atoms with Crippen molar-refractivity contribution in [3.63, 3.8) is 0 Å². The first kappa shape index (κ1) is 23.2. The molecule has 1 heterocycles. The number of hydrogen-bond donors (Lipinski definition) is 1. The second-order valence-corrected chi connectivity index (χ2v) is 10.2. The summed E-state index contributed by atoms with van der Waals surface area (Å²) < 4.78 is 31.9. The SMILES string of the molecule is CCOc1ccc(S(=O)(=O)N(C)CC(=O)Nc2cccc(-c3csc(C)n3)c2)cc1Cl. The van der Waals surface area contributed by atoms with Crippen LogP contribution < -0.4 is 10.1 Å². The summed E-state index contributed by atoms with van der Waals surface area (Å²) in [6, 6.07) is 11.5. The van der Waals surface area contributed by atoms with E-state index >= 15 is 0 Å². The van der Waals surface area contributed by atoms with Crippen LogP contribution in [-0.2, 0) is 14.8 Å². The van der Waals surface area contributed by atoms with Gasteiger partial charge in [-0.05, 0) is 44.2 Å². The molecular formula is C21H22ClN3O4S2. The maximum atomic E-state index is 12.8. The zero-order chi connectivity index (χ0) is 22.6. The molecule has 31 heavy (non-hydrogen) atoms. The topological polar surface area (TPSA) is 88.6 Å². The van der Waals surface area contributed by atoms with Crippen LogP contribution in [0.2, 0.25) is 5.02 Å². The largest absolute Gasteiger partial charge is 0.492 e. The number of amides is 1. The molecule has 164 valence electrons. The summed E-state index contributed by atoms with van der Waals surface area (Å²) in [6.07, 6.45) is 0. The number of nitrogens with zero attached hydrogens (tertiary/aromatic N) is 2. The number of halogens is 1. The molecule has 3 aromatic rings. The average Bonchev–Trinajstić information content (AvgIpc) is 3.16. The molecule has 2 aromatic carbocycles. The van der Waals surface area contributed by atoms with Crippen LogP contribution in [0.1, 0.15) is 11.9 Å². The Hall–Kier alpha value is -2.46. The lowest BCUT2D eigenvalue weighted by atomic mass is 10.1. The van der Waals surface area contributed by atoms with Crippen LogP contribution in [-0.4, -0.2) is 43.8 Å². The molecule has 7 nitrogen and oxygen atoms in total. The van der Waals surface area contributed by atoms with Crippen molar-refractivity contribution in [2.75, 3.05) is 25.5 Å². The van der Waals surface area contributed by atoms with Gasteiger partial charge in [0.25, 0.3) is 0 Å². The lowest BCUT2D eigenvalue weighted by Crippen LogP contribution is -2.35. The number of ether oxygens (including phenoxy) is 1. The molecule has 0 aliphatic carbocycles. The third kappa shape index (κ3) is 5.62. The molecule has 0 atom stereocenters. The average molecular weight is 480 g/mol. The molecule has 0 unspecified atom stereocenters. The molecule has 0 radical (unpaired) electrons. The van der Waals surface area contributed by atoms with E-state index in [0.717, 1.165) is 20.6 Å². The fourth-order valence-electron chi connectivity index (χ4n) is 2.83. The third-order valence-electron chi connectivity index (χ3n) is 4.34. The first-order chi connectivity index (χ1) is 14.7. The molecule has 1 N–H and O–H groups in total. The van der Waals surface area contributed by atoms with E-state index in [1.807, 2.05) is 24.4 Å². The summed E-state index contributed by atoms with van der Waals surface area (Å²) >= 11 is 7.65. The van der Waals surface area contributed by atoms with Crippen LogP contribution in [0.15, 0.2) is 52.7 Å². The van der Waals surface area contributed by atoms with E-state index in [-0.39, 0.29) is 16.5 Å². The van der Waals surface area contributed by atoms with Crippen LogP contribution >= 0.6 is 22.9 Å². The molecule has 0 aliphatic heterocycles. The number of carbonyl (C=O) groups excluding carboxylic acids is 1.